The van der Waals surface area contributed by atoms with E-state index in [1.807, 2.05) is 38.3 Å². The topological polar surface area (TPSA) is 12.9 Å². The third-order valence-electron chi connectivity index (χ3n) is 3.72. The van der Waals surface area contributed by atoms with Gasteiger partial charge in [0.25, 0.3) is 0 Å². The zero-order chi connectivity index (χ0) is 14.0. The fourth-order valence-corrected chi connectivity index (χ4v) is 2.50. The van der Waals surface area contributed by atoms with Crippen LogP contribution in [0.2, 0.25) is 0 Å². The minimum absolute atomic E-state index is 0.104. The van der Waals surface area contributed by atoms with Crippen molar-refractivity contribution >= 4 is 6.08 Å². The van der Waals surface area contributed by atoms with E-state index in [0.717, 1.165) is 16.8 Å². The summed E-state index contributed by atoms with van der Waals surface area (Å²) in [5.74, 6) is -0.104. The van der Waals surface area contributed by atoms with Gasteiger partial charge in [0.2, 0.25) is 0 Å². The summed E-state index contributed by atoms with van der Waals surface area (Å²) < 4.78 is 13.4. The second-order valence-electron chi connectivity index (χ2n) is 5.43. The van der Waals surface area contributed by atoms with Crippen molar-refractivity contribution in [2.24, 2.45) is 0 Å². The Morgan fingerprint density at radius 2 is 2.11 bits per heavy atom. The fraction of sp³-hybridized carbons (Fsp3) is 0.353. The van der Waals surface area contributed by atoms with Crippen LogP contribution in [-0.2, 0) is 5.41 Å². The Hall–Kier alpha value is -1.70. The molecule has 0 bridgehead atoms. The van der Waals surface area contributed by atoms with Crippen LogP contribution in [0.4, 0.5) is 4.39 Å². The molecule has 100 valence electrons. The molecule has 1 aliphatic rings. The number of halogens is 1. The molecular formula is C17H20FN. The fourth-order valence-electron chi connectivity index (χ4n) is 2.50. The number of hydrogen-bond acceptors (Lipinski definition) is 1. The molecule has 1 nitrogen and oxygen atoms in total. The Balaban J connectivity index is 2.41. The second kappa shape index (κ2) is 5.12. The second-order valence-corrected chi connectivity index (χ2v) is 5.43. The van der Waals surface area contributed by atoms with Crippen molar-refractivity contribution < 1.29 is 4.39 Å². The van der Waals surface area contributed by atoms with Crippen molar-refractivity contribution in [3.8, 4) is 0 Å². The molecule has 0 N–H and O–H groups in total. The summed E-state index contributed by atoms with van der Waals surface area (Å²) >= 11 is 0. The SMILES string of the molecule is C/C=C\c1ncc(C2(C)C=C(C)C(F)=CC2)cc1C. The van der Waals surface area contributed by atoms with E-state index in [-0.39, 0.29) is 11.2 Å². The molecule has 1 heterocycles. The molecule has 1 atom stereocenters. The van der Waals surface area contributed by atoms with Crippen LogP contribution in [0.5, 0.6) is 0 Å². The average Bonchev–Trinajstić information content (AvgIpc) is 2.37. The zero-order valence-corrected chi connectivity index (χ0v) is 12.0. The van der Waals surface area contributed by atoms with Crippen LogP contribution in [-0.4, -0.2) is 4.98 Å². The van der Waals surface area contributed by atoms with Crippen LogP contribution in [0.3, 0.4) is 0 Å². The molecule has 0 saturated carbocycles. The van der Waals surface area contributed by atoms with Crippen LogP contribution < -0.4 is 0 Å². The van der Waals surface area contributed by atoms with Gasteiger partial charge in [-0.3, -0.25) is 4.98 Å². The van der Waals surface area contributed by atoms with Gasteiger partial charge in [0.1, 0.15) is 5.83 Å². The zero-order valence-electron chi connectivity index (χ0n) is 12.0. The predicted molar refractivity (Wildman–Crippen MR) is 78.6 cm³/mol. The summed E-state index contributed by atoms with van der Waals surface area (Å²) in [6.45, 7) is 7.99. The lowest BCUT2D eigenvalue weighted by Gasteiger charge is -2.29. The number of rotatable bonds is 2. The van der Waals surface area contributed by atoms with Crippen LogP contribution in [0.25, 0.3) is 6.08 Å². The van der Waals surface area contributed by atoms with Gasteiger partial charge in [0.15, 0.2) is 0 Å². The molecule has 0 fully saturated rings. The van der Waals surface area contributed by atoms with Gasteiger partial charge in [0, 0.05) is 11.6 Å². The van der Waals surface area contributed by atoms with Crippen LogP contribution in [0.1, 0.15) is 44.0 Å². The van der Waals surface area contributed by atoms with Gasteiger partial charge in [-0.05, 0) is 56.0 Å². The van der Waals surface area contributed by atoms with E-state index in [4.69, 9.17) is 0 Å². The molecule has 2 heteroatoms. The minimum Gasteiger partial charge on any atom is -0.256 e. The molecule has 0 radical (unpaired) electrons. The number of allylic oxidation sites excluding steroid dienone is 5. The monoisotopic (exact) mass is 257 g/mol. The average molecular weight is 257 g/mol. The summed E-state index contributed by atoms with van der Waals surface area (Å²) in [6.07, 6.45) is 10.3. The van der Waals surface area contributed by atoms with Crippen LogP contribution in [0, 0.1) is 6.92 Å². The molecule has 1 aliphatic carbocycles. The van der Waals surface area contributed by atoms with E-state index in [1.165, 1.54) is 0 Å². The van der Waals surface area contributed by atoms with Gasteiger partial charge in [-0.1, -0.05) is 25.1 Å². The Morgan fingerprint density at radius 1 is 1.37 bits per heavy atom. The normalized spacial score (nSPS) is 23.4. The highest BCUT2D eigenvalue weighted by molar-refractivity contribution is 5.50. The van der Waals surface area contributed by atoms with Crippen LogP contribution in [0.15, 0.2) is 41.9 Å². The largest absolute Gasteiger partial charge is 0.256 e. The highest BCUT2D eigenvalue weighted by atomic mass is 19.1. The summed E-state index contributed by atoms with van der Waals surface area (Å²) in [4.78, 5) is 4.50. The van der Waals surface area contributed by atoms with Crippen molar-refractivity contribution in [3.63, 3.8) is 0 Å². The molecule has 1 aromatic rings. The van der Waals surface area contributed by atoms with Gasteiger partial charge < -0.3 is 0 Å². The lowest BCUT2D eigenvalue weighted by atomic mass is 9.76. The molecule has 0 aliphatic heterocycles. The highest BCUT2D eigenvalue weighted by Gasteiger charge is 2.27. The first-order valence-electron chi connectivity index (χ1n) is 6.61. The van der Waals surface area contributed by atoms with Crippen molar-refractivity contribution in [1.82, 2.24) is 4.98 Å². The van der Waals surface area contributed by atoms with Crippen molar-refractivity contribution in [2.45, 2.75) is 39.5 Å². The van der Waals surface area contributed by atoms with Crippen molar-refractivity contribution in [1.29, 1.82) is 0 Å². The Bertz CT molecular complexity index is 581. The summed E-state index contributed by atoms with van der Waals surface area (Å²) in [6, 6.07) is 2.16. The maximum atomic E-state index is 13.4. The summed E-state index contributed by atoms with van der Waals surface area (Å²) in [7, 11) is 0. The Kier molecular flexibility index (Phi) is 3.70. The van der Waals surface area contributed by atoms with E-state index < -0.39 is 0 Å². The lowest BCUT2D eigenvalue weighted by Crippen LogP contribution is -2.22. The molecule has 1 unspecified atom stereocenters. The van der Waals surface area contributed by atoms with Crippen LogP contribution >= 0.6 is 0 Å². The van der Waals surface area contributed by atoms with E-state index in [0.29, 0.717) is 12.0 Å². The molecule has 0 spiro atoms. The van der Waals surface area contributed by atoms with E-state index in [1.54, 1.807) is 6.08 Å². The quantitative estimate of drug-likeness (QED) is 0.735. The maximum Gasteiger partial charge on any atom is 0.121 e. The third-order valence-corrected chi connectivity index (χ3v) is 3.72. The number of pyridine rings is 1. The first-order valence-corrected chi connectivity index (χ1v) is 6.61. The van der Waals surface area contributed by atoms with Gasteiger partial charge in [-0.2, -0.15) is 0 Å². The summed E-state index contributed by atoms with van der Waals surface area (Å²) in [5.41, 5.74) is 3.84. The number of aromatic nitrogens is 1. The molecule has 19 heavy (non-hydrogen) atoms. The summed E-state index contributed by atoms with van der Waals surface area (Å²) in [5, 5.41) is 0. The van der Waals surface area contributed by atoms with Gasteiger partial charge >= 0.3 is 0 Å². The lowest BCUT2D eigenvalue weighted by molar-refractivity contribution is 0.549. The van der Waals surface area contributed by atoms with Crippen molar-refractivity contribution in [3.05, 3.63) is 58.7 Å². The smallest absolute Gasteiger partial charge is 0.121 e. The molecule has 0 amide bonds. The van der Waals surface area contributed by atoms with Gasteiger partial charge in [0.05, 0.1) is 5.69 Å². The maximum absolute atomic E-state index is 13.4. The molecule has 0 saturated heterocycles. The molecular weight excluding hydrogens is 237 g/mol. The van der Waals surface area contributed by atoms with Gasteiger partial charge in [-0.15, -0.1) is 0 Å². The first kappa shape index (κ1) is 13.7. The molecule has 1 aromatic heterocycles. The van der Waals surface area contributed by atoms with E-state index >= 15 is 0 Å². The third kappa shape index (κ3) is 2.67. The molecule has 0 aromatic carbocycles. The Labute approximate surface area is 114 Å². The van der Waals surface area contributed by atoms with E-state index in [9.17, 15) is 4.39 Å². The van der Waals surface area contributed by atoms with Crippen molar-refractivity contribution in [2.75, 3.05) is 0 Å². The standard InChI is InChI=1S/C17H20FN/c1-5-6-16-12(2)9-14(11-19-16)17(4)8-7-15(18)13(3)10-17/h5-7,9-11H,8H2,1-4H3/b6-5-. The number of aryl methyl sites for hydroxylation is 1. The predicted octanol–water partition coefficient (Wildman–Crippen LogP) is 4.88. The number of nitrogens with zero attached hydrogens (tertiary/aromatic N) is 1. The van der Waals surface area contributed by atoms with E-state index in [2.05, 4.69) is 24.9 Å². The minimum atomic E-state index is -0.161. The molecule has 2 rings (SSSR count). The Morgan fingerprint density at radius 3 is 2.68 bits per heavy atom. The number of hydrogen-bond donors (Lipinski definition) is 0. The first-order chi connectivity index (χ1) is 8.96. The van der Waals surface area contributed by atoms with Gasteiger partial charge in [-0.25, -0.2) is 4.39 Å². The highest BCUT2D eigenvalue weighted by Crippen LogP contribution is 2.37.